The van der Waals surface area contributed by atoms with Gasteiger partial charge in [-0.15, -0.1) is 0 Å². The van der Waals surface area contributed by atoms with Crippen LogP contribution in [0.15, 0.2) is 194 Å². The van der Waals surface area contributed by atoms with Crippen LogP contribution in [0.5, 0.6) is 0 Å². The van der Waals surface area contributed by atoms with E-state index >= 15 is 0 Å². The van der Waals surface area contributed by atoms with Gasteiger partial charge in [-0.3, -0.25) is 14.4 Å². The van der Waals surface area contributed by atoms with E-state index in [1.54, 1.807) is 0 Å². The lowest BCUT2D eigenvalue weighted by atomic mass is 10.1. The number of hydrogen-bond donors (Lipinski definition) is 0. The van der Waals surface area contributed by atoms with Crippen LogP contribution in [0.2, 0.25) is 0 Å². The van der Waals surface area contributed by atoms with Gasteiger partial charge in [0.25, 0.3) is 0 Å². The molecule has 0 aliphatic heterocycles. The normalized spacial score (nSPS) is 13.5. The maximum absolute atomic E-state index is 12.9. The summed E-state index contributed by atoms with van der Waals surface area (Å²) in [5.74, 6) is -1.06. The van der Waals surface area contributed by atoms with E-state index in [-0.39, 0.29) is 44.0 Å². The summed E-state index contributed by atoms with van der Waals surface area (Å²) in [6.07, 6.45) is 95.7. The number of allylic oxidation sites excluding steroid dienone is 32. The van der Waals surface area contributed by atoms with Gasteiger partial charge in [0.15, 0.2) is 6.10 Å². The fraction of sp³-hybridized carbons (Fsp3) is 0.507. The van der Waals surface area contributed by atoms with E-state index in [2.05, 4.69) is 215 Å². The molecule has 1 atom stereocenters. The predicted octanol–water partition coefficient (Wildman–Crippen LogP) is 20.6. The average Bonchev–Trinajstić information content (AvgIpc) is 3.43. The standard InChI is InChI=1S/C71H106O6/c1-4-7-10-13-16-19-22-25-28-31-33-34-35-36-38-40-43-46-49-52-55-58-61-64-70(73)76-67-68(66-75-69(72)63-60-57-54-51-48-45-42-39-30-27-24-21-18-15-12-9-6-3)77-71(74)65-62-59-56-53-50-47-44-41-37-32-29-26-23-20-17-14-11-8-5-2/h7-12,16-21,25-30,33-34,36-38,41-43,45-47,50,52,55,68H,4-6,13-15,22-24,31-32,35,39-40,44,48-49,51,53-54,56-67H2,1-3H3/b10-7-,11-8-,12-9-,19-16-,20-17-,21-18-,28-25-,29-26-,30-27-,34-33-,38-36-,41-37-,45-42-,46-43-,50-47-,55-52-. The molecule has 0 heterocycles. The van der Waals surface area contributed by atoms with E-state index in [0.29, 0.717) is 19.3 Å². The summed E-state index contributed by atoms with van der Waals surface area (Å²) in [6, 6.07) is 0. The van der Waals surface area contributed by atoms with Crippen LogP contribution in [-0.2, 0) is 28.6 Å². The van der Waals surface area contributed by atoms with Crippen LogP contribution in [-0.4, -0.2) is 37.2 Å². The van der Waals surface area contributed by atoms with Crippen molar-refractivity contribution in [2.24, 2.45) is 0 Å². The first-order valence-electron chi connectivity index (χ1n) is 29.9. The molecule has 6 nitrogen and oxygen atoms in total. The number of carbonyl (C=O) groups is 3. The molecule has 0 radical (unpaired) electrons. The zero-order valence-corrected chi connectivity index (χ0v) is 48.6. The molecular weight excluding hydrogens is 949 g/mol. The molecule has 0 rings (SSSR count). The highest BCUT2D eigenvalue weighted by Crippen LogP contribution is 2.11. The van der Waals surface area contributed by atoms with Crippen molar-refractivity contribution in [3.8, 4) is 0 Å². The highest BCUT2D eigenvalue weighted by atomic mass is 16.6. The number of carbonyl (C=O) groups excluding carboxylic acids is 3. The SMILES string of the molecule is CC/C=C\C/C=C\C/C=C\C/C=C\C/C=C\C/C=C\C/C=C\CCCC(=O)OCC(COC(=O)CCCCCC/C=C\C/C=C\C/C=C\C/C=C\CC)OC(=O)CCCCC/C=C\C/C=C\C/C=C\C/C=C\C/C=C\CC. The van der Waals surface area contributed by atoms with Gasteiger partial charge in [-0.2, -0.15) is 0 Å². The van der Waals surface area contributed by atoms with E-state index in [0.717, 1.165) is 161 Å². The average molecular weight is 1060 g/mol. The molecular formula is C71H106O6. The number of rotatable bonds is 51. The molecule has 0 aromatic rings. The number of ether oxygens (including phenoxy) is 3. The summed E-state index contributed by atoms with van der Waals surface area (Å²) >= 11 is 0. The third-order valence-electron chi connectivity index (χ3n) is 11.6. The molecule has 0 aromatic heterocycles. The summed E-state index contributed by atoms with van der Waals surface area (Å²) in [6.45, 7) is 6.18. The lowest BCUT2D eigenvalue weighted by molar-refractivity contribution is -0.167. The molecule has 0 aromatic carbocycles. The fourth-order valence-corrected chi connectivity index (χ4v) is 7.21. The summed E-state index contributed by atoms with van der Waals surface area (Å²) < 4.78 is 16.8. The predicted molar refractivity (Wildman–Crippen MR) is 334 cm³/mol. The van der Waals surface area contributed by atoms with Gasteiger partial charge in [0, 0.05) is 19.3 Å². The Morgan fingerprint density at radius 3 is 0.779 bits per heavy atom. The van der Waals surface area contributed by atoms with Gasteiger partial charge in [-0.05, 0) is 154 Å². The maximum Gasteiger partial charge on any atom is 0.306 e. The van der Waals surface area contributed by atoms with Crippen molar-refractivity contribution < 1.29 is 28.6 Å². The molecule has 0 aliphatic rings. The monoisotopic (exact) mass is 1050 g/mol. The van der Waals surface area contributed by atoms with Gasteiger partial charge in [0.05, 0.1) is 0 Å². The number of hydrogen-bond acceptors (Lipinski definition) is 6. The van der Waals surface area contributed by atoms with Crippen molar-refractivity contribution >= 4 is 17.9 Å². The second-order valence-corrected chi connectivity index (χ2v) is 18.8. The Labute approximate surface area is 471 Å². The molecule has 0 saturated carbocycles. The van der Waals surface area contributed by atoms with Crippen molar-refractivity contribution in [2.45, 2.75) is 219 Å². The Hall–Kier alpha value is -5.75. The molecule has 0 amide bonds. The highest BCUT2D eigenvalue weighted by molar-refractivity contribution is 5.71. The Balaban J connectivity index is 4.64. The first-order chi connectivity index (χ1) is 38.0. The third-order valence-corrected chi connectivity index (χ3v) is 11.6. The molecule has 0 bridgehead atoms. The first kappa shape index (κ1) is 71.2. The van der Waals surface area contributed by atoms with Crippen molar-refractivity contribution in [3.05, 3.63) is 194 Å². The quantitative estimate of drug-likeness (QED) is 0.0261. The lowest BCUT2D eigenvalue weighted by Crippen LogP contribution is -2.30. The minimum absolute atomic E-state index is 0.134. The van der Waals surface area contributed by atoms with E-state index in [1.165, 1.54) is 0 Å². The van der Waals surface area contributed by atoms with Crippen molar-refractivity contribution in [1.29, 1.82) is 0 Å². The zero-order valence-electron chi connectivity index (χ0n) is 48.6. The topological polar surface area (TPSA) is 78.9 Å². The largest absolute Gasteiger partial charge is 0.462 e. The highest BCUT2D eigenvalue weighted by Gasteiger charge is 2.19. The lowest BCUT2D eigenvalue weighted by Gasteiger charge is -2.18. The van der Waals surface area contributed by atoms with Gasteiger partial charge < -0.3 is 14.2 Å². The van der Waals surface area contributed by atoms with Crippen LogP contribution >= 0.6 is 0 Å². The van der Waals surface area contributed by atoms with Crippen molar-refractivity contribution in [2.75, 3.05) is 13.2 Å². The van der Waals surface area contributed by atoms with Gasteiger partial charge in [-0.25, -0.2) is 0 Å². The van der Waals surface area contributed by atoms with Crippen LogP contribution < -0.4 is 0 Å². The summed E-state index contributed by atoms with van der Waals surface area (Å²) in [7, 11) is 0. The molecule has 6 heteroatoms. The van der Waals surface area contributed by atoms with Crippen LogP contribution in [0.25, 0.3) is 0 Å². The molecule has 1 unspecified atom stereocenters. The van der Waals surface area contributed by atoms with Crippen molar-refractivity contribution in [3.63, 3.8) is 0 Å². The number of unbranched alkanes of at least 4 members (excludes halogenated alkanes) is 8. The number of esters is 3. The summed E-state index contributed by atoms with van der Waals surface area (Å²) in [4.78, 5) is 38.3. The van der Waals surface area contributed by atoms with E-state index < -0.39 is 6.10 Å². The molecule has 77 heavy (non-hydrogen) atoms. The third kappa shape index (κ3) is 61.0. The fourth-order valence-electron chi connectivity index (χ4n) is 7.21. The molecule has 0 N–H and O–H groups in total. The Kier molecular flexibility index (Phi) is 58.1. The minimum Gasteiger partial charge on any atom is -0.462 e. The molecule has 0 spiro atoms. The van der Waals surface area contributed by atoms with E-state index in [4.69, 9.17) is 14.2 Å². The van der Waals surface area contributed by atoms with E-state index in [1.807, 2.05) is 0 Å². The Morgan fingerprint density at radius 1 is 0.260 bits per heavy atom. The van der Waals surface area contributed by atoms with Crippen LogP contribution in [0, 0.1) is 0 Å². The Bertz CT molecular complexity index is 1880. The second kappa shape index (κ2) is 62.8. The van der Waals surface area contributed by atoms with Gasteiger partial charge in [0.2, 0.25) is 0 Å². The molecule has 0 aliphatic carbocycles. The molecule has 426 valence electrons. The van der Waals surface area contributed by atoms with Gasteiger partial charge in [0.1, 0.15) is 13.2 Å². The van der Waals surface area contributed by atoms with Crippen molar-refractivity contribution in [1.82, 2.24) is 0 Å². The van der Waals surface area contributed by atoms with E-state index in [9.17, 15) is 14.4 Å². The molecule has 0 fully saturated rings. The van der Waals surface area contributed by atoms with Gasteiger partial charge >= 0.3 is 17.9 Å². The van der Waals surface area contributed by atoms with Crippen LogP contribution in [0.1, 0.15) is 213 Å². The summed E-state index contributed by atoms with van der Waals surface area (Å²) in [5, 5.41) is 0. The molecule has 0 saturated heterocycles. The maximum atomic E-state index is 12.9. The van der Waals surface area contributed by atoms with Gasteiger partial charge in [-0.1, -0.05) is 234 Å². The van der Waals surface area contributed by atoms with Crippen LogP contribution in [0.4, 0.5) is 0 Å². The second-order valence-electron chi connectivity index (χ2n) is 18.8. The minimum atomic E-state index is -0.843. The smallest absolute Gasteiger partial charge is 0.306 e. The summed E-state index contributed by atoms with van der Waals surface area (Å²) in [5.41, 5.74) is 0. The first-order valence-corrected chi connectivity index (χ1v) is 29.9. The zero-order chi connectivity index (χ0) is 55.7. The van der Waals surface area contributed by atoms with Crippen LogP contribution in [0.3, 0.4) is 0 Å². The Morgan fingerprint density at radius 2 is 0.481 bits per heavy atom.